The van der Waals surface area contributed by atoms with Gasteiger partial charge in [0.15, 0.2) is 0 Å². The van der Waals surface area contributed by atoms with E-state index in [1.54, 1.807) is 42.2 Å². The first-order valence-corrected chi connectivity index (χ1v) is 14.0. The van der Waals surface area contributed by atoms with Crippen molar-refractivity contribution >= 4 is 27.6 Å². The molecule has 0 radical (unpaired) electrons. The molecule has 0 aromatic heterocycles. The summed E-state index contributed by atoms with van der Waals surface area (Å²) in [6.45, 7) is 8.55. The molecule has 2 fully saturated rings. The molecule has 0 aliphatic carbocycles. The predicted octanol–water partition coefficient (Wildman–Crippen LogP) is 4.18. The van der Waals surface area contributed by atoms with Gasteiger partial charge in [0.1, 0.15) is 0 Å². The number of piperidine rings is 2. The van der Waals surface area contributed by atoms with Gasteiger partial charge in [0.2, 0.25) is 5.91 Å². The van der Waals surface area contributed by atoms with Crippen molar-refractivity contribution in [1.29, 1.82) is 0 Å². The Bertz CT molecular complexity index is 1310. The highest BCUT2D eigenvalue weighted by Crippen LogP contribution is 2.56. The number of ether oxygens (including phenoxy) is 1. The van der Waals surface area contributed by atoms with Crippen molar-refractivity contribution in [3.8, 4) is 0 Å². The fourth-order valence-electron chi connectivity index (χ4n) is 6.46. The number of rotatable bonds is 6. The molecule has 1 amide bonds. The van der Waals surface area contributed by atoms with Gasteiger partial charge in [-0.05, 0) is 50.5 Å². The Labute approximate surface area is 212 Å². The van der Waals surface area contributed by atoms with Gasteiger partial charge in [0.05, 0.1) is 35.7 Å². The molecule has 0 saturated carbocycles. The molecular weight excluding hydrogens is 476 g/mol. The summed E-state index contributed by atoms with van der Waals surface area (Å²) in [6, 6.07) is 13.2. The number of benzene rings is 2. The van der Waals surface area contributed by atoms with Crippen molar-refractivity contribution in [2.24, 2.45) is 5.41 Å². The zero-order chi connectivity index (χ0) is 25.7. The molecule has 36 heavy (non-hydrogen) atoms. The van der Waals surface area contributed by atoms with Crippen LogP contribution in [0.15, 0.2) is 66.1 Å². The molecule has 8 heteroatoms. The van der Waals surface area contributed by atoms with Crippen molar-refractivity contribution in [3.05, 3.63) is 72.3 Å². The average molecular weight is 509 g/mol. The highest BCUT2D eigenvalue weighted by atomic mass is 32.2. The molecule has 2 aromatic rings. The van der Waals surface area contributed by atoms with Gasteiger partial charge in [-0.1, -0.05) is 42.0 Å². The van der Waals surface area contributed by atoms with Crippen LogP contribution in [0.3, 0.4) is 0 Å². The highest BCUT2D eigenvalue weighted by molar-refractivity contribution is 7.92. The third kappa shape index (κ3) is 3.74. The van der Waals surface area contributed by atoms with Crippen LogP contribution < -0.4 is 4.31 Å². The second-order valence-electron chi connectivity index (χ2n) is 10.0. The van der Waals surface area contributed by atoms with Crippen molar-refractivity contribution < 1.29 is 22.7 Å². The van der Waals surface area contributed by atoms with Crippen LogP contribution >= 0.6 is 0 Å². The second-order valence-corrected chi connectivity index (χ2v) is 11.8. The van der Waals surface area contributed by atoms with Crippen LogP contribution in [0.5, 0.6) is 0 Å². The molecule has 3 heterocycles. The van der Waals surface area contributed by atoms with E-state index in [1.807, 2.05) is 31.2 Å². The summed E-state index contributed by atoms with van der Waals surface area (Å²) in [7, 11) is -3.96. The van der Waals surface area contributed by atoms with Gasteiger partial charge in [-0.15, -0.1) is 6.58 Å². The van der Waals surface area contributed by atoms with Gasteiger partial charge in [-0.25, -0.2) is 8.42 Å². The lowest BCUT2D eigenvalue weighted by Gasteiger charge is -2.55. The maximum Gasteiger partial charge on any atom is 0.306 e. The second kappa shape index (κ2) is 9.07. The zero-order valence-corrected chi connectivity index (χ0v) is 21.5. The number of amides is 1. The Morgan fingerprint density at radius 3 is 2.61 bits per heavy atom. The van der Waals surface area contributed by atoms with E-state index >= 15 is 0 Å². The molecule has 0 N–H and O–H groups in total. The number of fused-ring (bicyclic) bond motifs is 5. The van der Waals surface area contributed by atoms with Crippen molar-refractivity contribution in [2.45, 2.75) is 62.4 Å². The Morgan fingerprint density at radius 2 is 1.92 bits per heavy atom. The number of carbonyl (C=O) groups excluding carboxylic acids is 2. The lowest BCUT2D eigenvalue weighted by Crippen LogP contribution is -2.67. The van der Waals surface area contributed by atoms with E-state index in [2.05, 4.69) is 6.58 Å². The number of aryl methyl sites for hydroxylation is 1. The Hall–Kier alpha value is -3.13. The number of esters is 1. The molecule has 7 nitrogen and oxygen atoms in total. The van der Waals surface area contributed by atoms with Gasteiger partial charge in [-0.2, -0.15) is 0 Å². The summed E-state index contributed by atoms with van der Waals surface area (Å²) in [5.41, 5.74) is 1.62. The maximum absolute atomic E-state index is 14.2. The maximum atomic E-state index is 14.2. The van der Waals surface area contributed by atoms with Crippen LogP contribution in [-0.2, 0) is 24.3 Å². The van der Waals surface area contributed by atoms with E-state index < -0.39 is 27.5 Å². The minimum Gasteiger partial charge on any atom is -0.466 e. The summed E-state index contributed by atoms with van der Waals surface area (Å²) < 4.78 is 35.3. The third-order valence-electron chi connectivity index (χ3n) is 8.02. The van der Waals surface area contributed by atoms with Crippen LogP contribution in [0.4, 0.5) is 5.69 Å². The molecule has 5 rings (SSSR count). The molecule has 0 unspecified atom stereocenters. The summed E-state index contributed by atoms with van der Waals surface area (Å²) in [6.07, 6.45) is 3.38. The summed E-state index contributed by atoms with van der Waals surface area (Å²) >= 11 is 0. The number of nitrogens with zero attached hydrogens (tertiary/aromatic N) is 2. The van der Waals surface area contributed by atoms with Gasteiger partial charge < -0.3 is 9.64 Å². The van der Waals surface area contributed by atoms with E-state index in [1.165, 1.54) is 4.31 Å². The number of anilines is 1. The Morgan fingerprint density at radius 1 is 1.19 bits per heavy atom. The number of carbonyl (C=O) groups is 2. The smallest absolute Gasteiger partial charge is 0.306 e. The number of para-hydroxylation sites is 1. The normalized spacial score (nSPS) is 27.2. The largest absolute Gasteiger partial charge is 0.466 e. The number of hydrogen-bond donors (Lipinski definition) is 0. The highest BCUT2D eigenvalue weighted by Gasteiger charge is 2.60. The Balaban J connectivity index is 1.70. The number of hydrogen-bond acceptors (Lipinski definition) is 5. The molecule has 0 bridgehead atoms. The molecule has 2 aromatic carbocycles. The monoisotopic (exact) mass is 508 g/mol. The SMILES string of the molecule is C=C[C@@]1(CC(=O)OCC)CCCN2C(=O)C[C@@H]3c4ccccc4N(S(=O)(=O)c4ccc(C)cc4)[C@@H]3[C@H]21. The summed E-state index contributed by atoms with van der Waals surface area (Å²) in [5.74, 6) is -0.688. The van der Waals surface area contributed by atoms with E-state index in [0.29, 0.717) is 25.1 Å². The van der Waals surface area contributed by atoms with Crippen LogP contribution in [0.2, 0.25) is 0 Å². The minimum atomic E-state index is -3.96. The molecule has 190 valence electrons. The van der Waals surface area contributed by atoms with E-state index in [-0.39, 0.29) is 42.1 Å². The topological polar surface area (TPSA) is 84.0 Å². The van der Waals surface area contributed by atoms with Crippen LogP contribution in [-0.4, -0.2) is 50.4 Å². The Kier molecular flexibility index (Phi) is 6.19. The van der Waals surface area contributed by atoms with Gasteiger partial charge in [0, 0.05) is 24.3 Å². The van der Waals surface area contributed by atoms with E-state index in [4.69, 9.17) is 4.74 Å². The van der Waals surface area contributed by atoms with Crippen molar-refractivity contribution in [2.75, 3.05) is 17.5 Å². The number of sulfonamides is 1. The molecular formula is C28H32N2O5S. The third-order valence-corrected chi connectivity index (χ3v) is 9.85. The van der Waals surface area contributed by atoms with E-state index in [9.17, 15) is 18.0 Å². The van der Waals surface area contributed by atoms with Crippen molar-refractivity contribution in [3.63, 3.8) is 0 Å². The van der Waals surface area contributed by atoms with E-state index in [0.717, 1.165) is 11.1 Å². The predicted molar refractivity (Wildman–Crippen MR) is 137 cm³/mol. The molecule has 0 spiro atoms. The summed E-state index contributed by atoms with van der Waals surface area (Å²) in [5, 5.41) is 0. The first-order chi connectivity index (χ1) is 17.2. The molecule has 3 aliphatic heterocycles. The fraction of sp³-hybridized carbons (Fsp3) is 0.429. The van der Waals surface area contributed by atoms with Crippen molar-refractivity contribution in [1.82, 2.24) is 4.90 Å². The van der Waals surface area contributed by atoms with Gasteiger partial charge in [-0.3, -0.25) is 13.9 Å². The zero-order valence-electron chi connectivity index (χ0n) is 20.7. The summed E-state index contributed by atoms with van der Waals surface area (Å²) in [4.78, 5) is 28.2. The van der Waals surface area contributed by atoms with Crippen LogP contribution in [0.25, 0.3) is 0 Å². The molecule has 4 atom stereocenters. The lowest BCUT2D eigenvalue weighted by molar-refractivity contribution is -0.153. The quantitative estimate of drug-likeness (QED) is 0.432. The molecule has 2 saturated heterocycles. The average Bonchev–Trinajstić information content (AvgIpc) is 3.19. The van der Waals surface area contributed by atoms with Gasteiger partial charge >= 0.3 is 5.97 Å². The first-order valence-electron chi connectivity index (χ1n) is 12.5. The lowest BCUT2D eigenvalue weighted by atomic mass is 9.64. The molecule has 3 aliphatic rings. The van der Waals surface area contributed by atoms with Crippen LogP contribution in [0.1, 0.15) is 49.7 Å². The fourth-order valence-corrected chi connectivity index (χ4v) is 8.17. The van der Waals surface area contributed by atoms with Crippen LogP contribution in [0, 0.1) is 12.3 Å². The first kappa shape index (κ1) is 24.6. The standard InChI is InChI=1S/C28H32N2O5S/c1-4-28(18-25(32)35-5-2)15-8-16-29-24(31)17-22-21-9-6-7-10-23(21)30(26(22)27(28)29)36(33,34)20-13-11-19(3)12-14-20/h4,6-7,9-14,22,26-27H,1,5,8,15-18H2,2-3H3/t22-,26+,27+,28+/m1/s1. The minimum absolute atomic E-state index is 0.0135. The van der Waals surface area contributed by atoms with Gasteiger partial charge in [0.25, 0.3) is 10.0 Å².